The van der Waals surface area contributed by atoms with Crippen molar-refractivity contribution < 1.29 is 9.13 Å². The molecule has 0 radical (unpaired) electrons. The van der Waals surface area contributed by atoms with E-state index in [1.807, 2.05) is 13.8 Å². The van der Waals surface area contributed by atoms with E-state index in [9.17, 15) is 4.39 Å². The Bertz CT molecular complexity index is 797. The Kier molecular flexibility index (Phi) is 10.6. The molecule has 1 atom stereocenters. The molecule has 1 unspecified atom stereocenters. The van der Waals surface area contributed by atoms with Crippen LogP contribution in [-0.2, 0) is 6.42 Å². The molecule has 1 saturated heterocycles. The number of hydrogen-bond acceptors (Lipinski definition) is 5. The summed E-state index contributed by atoms with van der Waals surface area (Å²) in [6, 6.07) is 6.43. The van der Waals surface area contributed by atoms with Crippen LogP contribution in [0, 0.1) is 5.82 Å². The maximum absolute atomic E-state index is 13.7. The fraction of sp³-hybridized carbons (Fsp3) is 0.524. The highest BCUT2D eigenvalue weighted by molar-refractivity contribution is 14.0. The molecule has 0 bridgehead atoms. The summed E-state index contributed by atoms with van der Waals surface area (Å²) in [4.78, 5) is 11.7. The summed E-state index contributed by atoms with van der Waals surface area (Å²) in [6.07, 6.45) is 3.13. The van der Waals surface area contributed by atoms with Gasteiger partial charge in [0.2, 0.25) is 0 Å². The van der Waals surface area contributed by atoms with Gasteiger partial charge in [-0.1, -0.05) is 12.1 Å². The maximum atomic E-state index is 13.7. The van der Waals surface area contributed by atoms with Gasteiger partial charge in [-0.2, -0.15) is 0 Å². The number of nitrogens with zero attached hydrogens (tertiary/aromatic N) is 3. The highest BCUT2D eigenvalue weighted by atomic mass is 127. The SMILES string of the molecule is CCNC(=NCC(C)Oc1ccccc1F)NCCc1csc(N2CCCC2)n1.I. The minimum absolute atomic E-state index is 0. The third-order valence-corrected chi connectivity index (χ3v) is 5.56. The van der Waals surface area contributed by atoms with E-state index in [0.717, 1.165) is 49.4 Å². The molecule has 1 aliphatic rings. The number of thiazole rings is 1. The molecule has 2 aromatic rings. The summed E-state index contributed by atoms with van der Waals surface area (Å²) in [5, 5.41) is 9.85. The Morgan fingerprint density at radius 1 is 1.30 bits per heavy atom. The van der Waals surface area contributed by atoms with Gasteiger partial charge in [0, 0.05) is 38.0 Å². The van der Waals surface area contributed by atoms with E-state index in [2.05, 4.69) is 25.9 Å². The molecule has 166 valence electrons. The van der Waals surface area contributed by atoms with Crippen molar-refractivity contribution in [2.45, 2.75) is 39.2 Å². The van der Waals surface area contributed by atoms with Gasteiger partial charge in [0.25, 0.3) is 0 Å². The van der Waals surface area contributed by atoms with E-state index >= 15 is 0 Å². The van der Waals surface area contributed by atoms with Crippen LogP contribution >= 0.6 is 35.3 Å². The van der Waals surface area contributed by atoms with Gasteiger partial charge in [-0.25, -0.2) is 14.4 Å². The van der Waals surface area contributed by atoms with Crippen molar-refractivity contribution in [2.75, 3.05) is 37.6 Å². The number of para-hydroxylation sites is 1. The van der Waals surface area contributed by atoms with E-state index in [1.165, 1.54) is 18.9 Å². The normalized spacial score (nSPS) is 14.9. The van der Waals surface area contributed by atoms with Crippen molar-refractivity contribution in [2.24, 2.45) is 4.99 Å². The fourth-order valence-electron chi connectivity index (χ4n) is 3.13. The lowest BCUT2D eigenvalue weighted by Gasteiger charge is -2.15. The van der Waals surface area contributed by atoms with Crippen LogP contribution in [0.2, 0.25) is 0 Å². The van der Waals surface area contributed by atoms with Crippen LogP contribution in [0.25, 0.3) is 0 Å². The minimum Gasteiger partial charge on any atom is -0.486 e. The van der Waals surface area contributed by atoms with Gasteiger partial charge in [0.1, 0.15) is 6.10 Å². The Balaban J connectivity index is 0.00000320. The Morgan fingerprint density at radius 2 is 2.07 bits per heavy atom. The van der Waals surface area contributed by atoms with Crippen molar-refractivity contribution in [3.05, 3.63) is 41.2 Å². The predicted octanol–water partition coefficient (Wildman–Crippen LogP) is 4.07. The number of rotatable bonds is 9. The molecule has 0 spiro atoms. The van der Waals surface area contributed by atoms with E-state index in [1.54, 1.807) is 29.5 Å². The molecule has 6 nitrogen and oxygen atoms in total. The summed E-state index contributed by atoms with van der Waals surface area (Å²) < 4.78 is 19.4. The van der Waals surface area contributed by atoms with Gasteiger partial charge >= 0.3 is 0 Å². The summed E-state index contributed by atoms with van der Waals surface area (Å²) in [7, 11) is 0. The maximum Gasteiger partial charge on any atom is 0.191 e. The lowest BCUT2D eigenvalue weighted by molar-refractivity contribution is 0.220. The van der Waals surface area contributed by atoms with Gasteiger partial charge in [-0.15, -0.1) is 35.3 Å². The number of benzene rings is 1. The Morgan fingerprint density at radius 3 is 2.80 bits per heavy atom. The summed E-state index contributed by atoms with van der Waals surface area (Å²) in [6.45, 7) is 8.10. The molecule has 1 aromatic heterocycles. The predicted molar refractivity (Wildman–Crippen MR) is 133 cm³/mol. The number of guanidine groups is 1. The average molecular weight is 547 g/mol. The monoisotopic (exact) mass is 547 g/mol. The fourth-order valence-corrected chi connectivity index (χ4v) is 4.04. The number of nitrogens with one attached hydrogen (secondary N) is 2. The van der Waals surface area contributed by atoms with Gasteiger partial charge in [0.15, 0.2) is 22.7 Å². The van der Waals surface area contributed by atoms with Crippen LogP contribution in [0.15, 0.2) is 34.6 Å². The minimum atomic E-state index is -0.357. The van der Waals surface area contributed by atoms with Gasteiger partial charge in [-0.05, 0) is 38.8 Å². The lowest BCUT2D eigenvalue weighted by atomic mass is 10.3. The van der Waals surface area contributed by atoms with Gasteiger partial charge in [-0.3, -0.25) is 0 Å². The molecule has 1 aliphatic heterocycles. The van der Waals surface area contributed by atoms with Crippen molar-refractivity contribution >= 4 is 46.4 Å². The van der Waals surface area contributed by atoms with Crippen molar-refractivity contribution in [1.82, 2.24) is 15.6 Å². The molecule has 0 aliphatic carbocycles. The van der Waals surface area contributed by atoms with Crippen LogP contribution in [-0.4, -0.2) is 49.8 Å². The summed E-state index contributed by atoms with van der Waals surface area (Å²) >= 11 is 1.73. The first-order valence-corrected chi connectivity index (χ1v) is 11.2. The second-order valence-corrected chi connectivity index (χ2v) is 7.91. The van der Waals surface area contributed by atoms with Gasteiger partial charge < -0.3 is 20.3 Å². The zero-order valence-corrected chi connectivity index (χ0v) is 20.7. The zero-order chi connectivity index (χ0) is 20.5. The topological polar surface area (TPSA) is 61.8 Å². The first-order valence-electron chi connectivity index (χ1n) is 10.3. The van der Waals surface area contributed by atoms with Crippen molar-refractivity contribution in [3.63, 3.8) is 0 Å². The molecule has 30 heavy (non-hydrogen) atoms. The number of halogens is 2. The van der Waals surface area contributed by atoms with E-state index in [-0.39, 0.29) is 41.6 Å². The van der Waals surface area contributed by atoms with Crippen LogP contribution in [0.5, 0.6) is 5.75 Å². The highest BCUT2D eigenvalue weighted by Crippen LogP contribution is 2.24. The zero-order valence-electron chi connectivity index (χ0n) is 17.6. The number of aromatic nitrogens is 1. The first-order chi connectivity index (χ1) is 14.2. The second-order valence-electron chi connectivity index (χ2n) is 7.07. The van der Waals surface area contributed by atoms with Crippen LogP contribution < -0.4 is 20.3 Å². The Labute approximate surface area is 199 Å². The number of aliphatic imine (C=N–C) groups is 1. The number of ether oxygens (including phenoxy) is 1. The summed E-state index contributed by atoms with van der Waals surface area (Å²) in [5.74, 6) is 0.627. The van der Waals surface area contributed by atoms with E-state index in [4.69, 9.17) is 9.72 Å². The number of anilines is 1. The van der Waals surface area contributed by atoms with Crippen molar-refractivity contribution in [3.8, 4) is 5.75 Å². The molecule has 9 heteroatoms. The molecule has 3 rings (SSSR count). The second kappa shape index (κ2) is 12.9. The lowest BCUT2D eigenvalue weighted by Crippen LogP contribution is -2.39. The summed E-state index contributed by atoms with van der Waals surface area (Å²) in [5.41, 5.74) is 1.11. The smallest absolute Gasteiger partial charge is 0.191 e. The number of hydrogen-bond donors (Lipinski definition) is 2. The third-order valence-electron chi connectivity index (χ3n) is 4.61. The van der Waals surface area contributed by atoms with E-state index < -0.39 is 0 Å². The van der Waals surface area contributed by atoms with Crippen LogP contribution in [0.3, 0.4) is 0 Å². The standard InChI is InChI=1S/C21H30FN5OS.HI/c1-3-23-20(25-14-16(2)28-19-9-5-4-8-18(19)22)24-11-10-17-15-29-21(26-17)27-12-6-7-13-27;/h4-5,8-9,15-16H,3,6-7,10-14H2,1-2H3,(H2,23,24,25);1H. The third kappa shape index (κ3) is 7.57. The first kappa shape index (κ1) is 24.6. The molecule has 0 amide bonds. The average Bonchev–Trinajstić information content (AvgIpc) is 3.39. The molecule has 0 saturated carbocycles. The van der Waals surface area contributed by atoms with Gasteiger partial charge in [0.05, 0.1) is 12.2 Å². The largest absolute Gasteiger partial charge is 0.486 e. The molecular formula is C21H31FIN5OS. The molecule has 2 N–H and O–H groups in total. The molecule has 1 aromatic carbocycles. The Hall–Kier alpha value is -1.62. The van der Waals surface area contributed by atoms with Crippen LogP contribution in [0.1, 0.15) is 32.4 Å². The van der Waals surface area contributed by atoms with Crippen LogP contribution in [0.4, 0.5) is 9.52 Å². The molecular weight excluding hydrogens is 516 g/mol. The molecule has 2 heterocycles. The quantitative estimate of drug-likeness (QED) is 0.282. The highest BCUT2D eigenvalue weighted by Gasteiger charge is 2.15. The molecule has 1 fully saturated rings. The van der Waals surface area contributed by atoms with E-state index in [0.29, 0.717) is 6.54 Å². The van der Waals surface area contributed by atoms with Crippen molar-refractivity contribution in [1.29, 1.82) is 0 Å².